The van der Waals surface area contributed by atoms with Gasteiger partial charge >= 0.3 is 0 Å². The molecule has 1 aromatic carbocycles. The number of hydrogen-bond donors (Lipinski definition) is 1. The molecule has 1 aliphatic heterocycles. The van der Waals surface area contributed by atoms with Crippen molar-refractivity contribution < 1.29 is 9.84 Å². The topological polar surface area (TPSA) is 29.5 Å². The zero-order valence-electron chi connectivity index (χ0n) is 12.0. The Hall–Kier alpha value is -1.32. The van der Waals surface area contributed by atoms with Gasteiger partial charge in [-0.1, -0.05) is 12.1 Å². The average molecular weight is 288 g/mol. The van der Waals surface area contributed by atoms with Crippen LogP contribution < -0.4 is 4.74 Å². The Labute approximate surface area is 124 Å². The van der Waals surface area contributed by atoms with E-state index in [1.54, 1.807) is 11.3 Å². The first-order valence-corrected chi connectivity index (χ1v) is 7.95. The van der Waals surface area contributed by atoms with Gasteiger partial charge < -0.3 is 9.84 Å². The van der Waals surface area contributed by atoms with Gasteiger partial charge in [0.05, 0.1) is 12.7 Å². The summed E-state index contributed by atoms with van der Waals surface area (Å²) in [6.45, 7) is 4.98. The monoisotopic (exact) mass is 288 g/mol. The molecule has 1 atom stereocenters. The van der Waals surface area contributed by atoms with E-state index in [2.05, 4.69) is 38.1 Å². The summed E-state index contributed by atoms with van der Waals surface area (Å²) in [6.07, 6.45) is 2.33. The number of fused-ring (bicyclic) bond motifs is 1. The van der Waals surface area contributed by atoms with Gasteiger partial charge in [-0.05, 0) is 55.5 Å². The minimum absolute atomic E-state index is 0.357. The van der Waals surface area contributed by atoms with E-state index >= 15 is 0 Å². The molecule has 3 rings (SSSR count). The number of hydrogen-bond acceptors (Lipinski definition) is 3. The molecular formula is C17H20O2S. The van der Waals surface area contributed by atoms with Crippen molar-refractivity contribution in [2.24, 2.45) is 0 Å². The van der Waals surface area contributed by atoms with Crippen molar-refractivity contribution >= 4 is 11.3 Å². The van der Waals surface area contributed by atoms with Crippen LogP contribution in [0.25, 0.3) is 0 Å². The van der Waals surface area contributed by atoms with Crippen LogP contribution in [0.15, 0.2) is 24.3 Å². The Kier molecular flexibility index (Phi) is 3.81. The summed E-state index contributed by atoms with van der Waals surface area (Å²) in [4.78, 5) is 2.50. The molecule has 0 saturated carbocycles. The second-order valence-electron chi connectivity index (χ2n) is 5.46. The Morgan fingerprint density at radius 3 is 2.90 bits per heavy atom. The predicted octanol–water partition coefficient (Wildman–Crippen LogP) is 3.97. The summed E-state index contributed by atoms with van der Waals surface area (Å²) in [5, 5.41) is 10.4. The van der Waals surface area contributed by atoms with Crippen molar-refractivity contribution in [2.75, 3.05) is 6.61 Å². The van der Waals surface area contributed by atoms with E-state index in [9.17, 15) is 5.11 Å². The first kappa shape index (κ1) is 13.7. The molecule has 0 radical (unpaired) electrons. The van der Waals surface area contributed by atoms with Crippen molar-refractivity contribution in [3.63, 3.8) is 0 Å². The van der Waals surface area contributed by atoms with Crippen molar-refractivity contribution in [2.45, 2.75) is 39.2 Å². The van der Waals surface area contributed by atoms with Gasteiger partial charge in [0.2, 0.25) is 0 Å². The molecule has 1 N–H and O–H groups in total. The fourth-order valence-corrected chi connectivity index (χ4v) is 3.82. The maximum atomic E-state index is 10.4. The highest BCUT2D eigenvalue weighted by Gasteiger charge is 2.15. The van der Waals surface area contributed by atoms with E-state index < -0.39 is 0 Å². The molecule has 0 amide bonds. The highest BCUT2D eigenvalue weighted by molar-refractivity contribution is 7.12. The Bertz CT molecular complexity index is 615. The second-order valence-corrected chi connectivity index (χ2v) is 6.92. The molecule has 1 aliphatic rings. The van der Waals surface area contributed by atoms with Crippen molar-refractivity contribution in [3.8, 4) is 5.75 Å². The minimum atomic E-state index is -0.357. The van der Waals surface area contributed by atoms with Crippen LogP contribution in [0.5, 0.6) is 5.75 Å². The standard InChI is InChI=1S/C17H20O2S/c1-11-9-15(12(2)20-11)16(18)5-3-13-4-6-17-14(10-13)7-8-19-17/h4,6,9-10,16,18H,3,5,7-8H2,1-2H3. The van der Waals surface area contributed by atoms with Crippen LogP contribution in [0.2, 0.25) is 0 Å². The lowest BCUT2D eigenvalue weighted by Gasteiger charge is -2.11. The SMILES string of the molecule is Cc1cc(C(O)CCc2ccc3c(c2)CCO3)c(C)s1. The molecule has 20 heavy (non-hydrogen) atoms. The van der Waals surface area contributed by atoms with Gasteiger partial charge in [0, 0.05) is 16.2 Å². The molecule has 0 fully saturated rings. The maximum absolute atomic E-state index is 10.4. The van der Waals surface area contributed by atoms with Gasteiger partial charge in [-0.15, -0.1) is 11.3 Å². The summed E-state index contributed by atoms with van der Waals surface area (Å²) < 4.78 is 5.52. The molecule has 1 unspecified atom stereocenters. The van der Waals surface area contributed by atoms with E-state index in [0.29, 0.717) is 0 Å². The summed E-state index contributed by atoms with van der Waals surface area (Å²) in [6, 6.07) is 8.51. The first-order valence-electron chi connectivity index (χ1n) is 7.13. The lowest BCUT2D eigenvalue weighted by atomic mass is 10.00. The number of rotatable bonds is 4. The van der Waals surface area contributed by atoms with Gasteiger partial charge in [-0.25, -0.2) is 0 Å². The minimum Gasteiger partial charge on any atom is -0.493 e. The van der Waals surface area contributed by atoms with Crippen molar-refractivity contribution in [3.05, 3.63) is 50.7 Å². The maximum Gasteiger partial charge on any atom is 0.122 e. The van der Waals surface area contributed by atoms with Gasteiger partial charge in [-0.2, -0.15) is 0 Å². The third-order valence-electron chi connectivity index (χ3n) is 3.90. The molecule has 1 aromatic heterocycles. The van der Waals surface area contributed by atoms with E-state index in [1.165, 1.54) is 20.9 Å². The van der Waals surface area contributed by atoms with E-state index in [1.807, 2.05) is 0 Å². The molecule has 106 valence electrons. The summed E-state index contributed by atoms with van der Waals surface area (Å²) in [7, 11) is 0. The zero-order valence-corrected chi connectivity index (χ0v) is 12.8. The van der Waals surface area contributed by atoms with Gasteiger partial charge in [0.15, 0.2) is 0 Å². The largest absolute Gasteiger partial charge is 0.493 e. The van der Waals surface area contributed by atoms with Gasteiger partial charge in [0.1, 0.15) is 5.75 Å². The molecular weight excluding hydrogens is 268 g/mol. The molecule has 2 heterocycles. The normalized spacial score (nSPS) is 14.9. The molecule has 0 bridgehead atoms. The number of thiophene rings is 1. The second kappa shape index (κ2) is 5.58. The van der Waals surface area contributed by atoms with Crippen LogP contribution in [-0.2, 0) is 12.8 Å². The van der Waals surface area contributed by atoms with Crippen LogP contribution in [0.4, 0.5) is 0 Å². The third kappa shape index (κ3) is 2.74. The van der Waals surface area contributed by atoms with E-state index in [0.717, 1.165) is 37.2 Å². The zero-order chi connectivity index (χ0) is 14.1. The van der Waals surface area contributed by atoms with Crippen molar-refractivity contribution in [1.82, 2.24) is 0 Å². The summed E-state index contributed by atoms with van der Waals surface area (Å²) >= 11 is 1.76. The number of aliphatic hydroxyl groups excluding tert-OH is 1. The van der Waals surface area contributed by atoms with E-state index in [-0.39, 0.29) is 6.10 Å². The molecule has 3 heteroatoms. The Morgan fingerprint density at radius 1 is 1.30 bits per heavy atom. The number of aliphatic hydroxyl groups is 1. The summed E-state index contributed by atoms with van der Waals surface area (Å²) in [5.74, 6) is 1.03. The predicted molar refractivity (Wildman–Crippen MR) is 82.7 cm³/mol. The van der Waals surface area contributed by atoms with Crippen LogP contribution in [-0.4, -0.2) is 11.7 Å². The van der Waals surface area contributed by atoms with Crippen LogP contribution >= 0.6 is 11.3 Å². The fourth-order valence-electron chi connectivity index (χ4n) is 2.84. The lowest BCUT2D eigenvalue weighted by Crippen LogP contribution is -2.00. The van der Waals surface area contributed by atoms with Gasteiger partial charge in [-0.3, -0.25) is 0 Å². The van der Waals surface area contributed by atoms with Crippen molar-refractivity contribution in [1.29, 1.82) is 0 Å². The van der Waals surface area contributed by atoms with E-state index in [4.69, 9.17) is 4.74 Å². The molecule has 2 nitrogen and oxygen atoms in total. The Morgan fingerprint density at radius 2 is 2.15 bits per heavy atom. The Balaban J connectivity index is 1.66. The fraction of sp³-hybridized carbons (Fsp3) is 0.412. The van der Waals surface area contributed by atoms with Crippen LogP contribution in [0, 0.1) is 13.8 Å². The van der Waals surface area contributed by atoms with Crippen LogP contribution in [0.1, 0.15) is 39.0 Å². The number of aryl methyl sites for hydroxylation is 3. The summed E-state index contributed by atoms with van der Waals surface area (Å²) in [5.41, 5.74) is 3.69. The first-order chi connectivity index (χ1) is 9.63. The third-order valence-corrected chi connectivity index (χ3v) is 4.88. The highest BCUT2D eigenvalue weighted by Crippen LogP contribution is 2.30. The number of ether oxygens (including phenoxy) is 1. The number of benzene rings is 1. The highest BCUT2D eigenvalue weighted by atomic mass is 32.1. The smallest absolute Gasteiger partial charge is 0.122 e. The molecule has 0 aliphatic carbocycles. The molecule has 0 spiro atoms. The van der Waals surface area contributed by atoms with Crippen LogP contribution in [0.3, 0.4) is 0 Å². The quantitative estimate of drug-likeness (QED) is 0.922. The lowest BCUT2D eigenvalue weighted by molar-refractivity contribution is 0.167. The van der Waals surface area contributed by atoms with Gasteiger partial charge in [0.25, 0.3) is 0 Å². The molecule has 0 saturated heterocycles. The average Bonchev–Trinajstić information content (AvgIpc) is 3.01. The molecule has 2 aromatic rings.